The number of hydrogen-bond donors (Lipinski definition) is 1. The van der Waals surface area contributed by atoms with E-state index in [9.17, 15) is 5.11 Å². The van der Waals surface area contributed by atoms with E-state index in [1.807, 2.05) is 0 Å². The van der Waals surface area contributed by atoms with Crippen LogP contribution in [-0.4, -0.2) is 22.2 Å². The predicted octanol–water partition coefficient (Wildman–Crippen LogP) is 2.70. The van der Waals surface area contributed by atoms with Crippen LogP contribution in [0.4, 0.5) is 0 Å². The Labute approximate surface area is 103 Å². The summed E-state index contributed by atoms with van der Waals surface area (Å²) in [5, 5.41) is 10.6. The molecule has 1 aromatic carbocycles. The van der Waals surface area contributed by atoms with Gasteiger partial charge in [0.25, 0.3) is 0 Å². The van der Waals surface area contributed by atoms with Gasteiger partial charge in [0.05, 0.1) is 5.60 Å². The highest BCUT2D eigenvalue weighted by Crippen LogP contribution is 2.31. The van der Waals surface area contributed by atoms with Gasteiger partial charge in [-0.25, -0.2) is 0 Å². The lowest BCUT2D eigenvalue weighted by Gasteiger charge is -2.35. The number of aliphatic hydroxyl groups is 1. The topological polar surface area (TPSA) is 23.5 Å². The van der Waals surface area contributed by atoms with Gasteiger partial charge in [-0.15, -0.1) is 0 Å². The molecular formula is C15H21NO. The summed E-state index contributed by atoms with van der Waals surface area (Å²) in [7, 11) is 0. The lowest BCUT2D eigenvalue weighted by Crippen LogP contribution is -2.42. The molecule has 17 heavy (non-hydrogen) atoms. The van der Waals surface area contributed by atoms with Gasteiger partial charge in [0, 0.05) is 19.6 Å². The summed E-state index contributed by atoms with van der Waals surface area (Å²) in [6, 6.07) is 8.63. The minimum absolute atomic E-state index is 0.416. The number of hydrogen-bond acceptors (Lipinski definition) is 2. The van der Waals surface area contributed by atoms with Crippen LogP contribution in [0.3, 0.4) is 0 Å². The molecule has 0 bridgehead atoms. The quantitative estimate of drug-likeness (QED) is 0.846. The number of nitrogens with zero attached hydrogens (tertiary/aromatic N) is 1. The standard InChI is InChI=1S/C15H21NO/c17-15(8-4-1-5-9-15)12-16-10-13-6-2-3-7-14(13)11-16/h2-3,6-7,17H,1,4-5,8-12H2. The zero-order chi connectivity index (χ0) is 11.7. The van der Waals surface area contributed by atoms with Crippen molar-refractivity contribution in [2.24, 2.45) is 0 Å². The third-order valence-electron chi connectivity index (χ3n) is 4.21. The SMILES string of the molecule is OC1(CN2Cc3ccccc3C2)CCCCC1. The first kappa shape index (κ1) is 11.2. The van der Waals surface area contributed by atoms with Gasteiger partial charge in [0.1, 0.15) is 0 Å². The van der Waals surface area contributed by atoms with Crippen LogP contribution in [0.2, 0.25) is 0 Å². The summed E-state index contributed by atoms with van der Waals surface area (Å²) in [4.78, 5) is 2.40. The average molecular weight is 231 g/mol. The van der Waals surface area contributed by atoms with Crippen LogP contribution in [0.15, 0.2) is 24.3 Å². The first-order valence-electron chi connectivity index (χ1n) is 6.77. The highest BCUT2D eigenvalue weighted by Gasteiger charge is 2.33. The molecule has 1 aromatic rings. The van der Waals surface area contributed by atoms with Crippen molar-refractivity contribution in [1.29, 1.82) is 0 Å². The highest BCUT2D eigenvalue weighted by atomic mass is 16.3. The van der Waals surface area contributed by atoms with Crippen molar-refractivity contribution >= 4 is 0 Å². The molecule has 1 aliphatic carbocycles. The van der Waals surface area contributed by atoms with E-state index in [0.29, 0.717) is 0 Å². The second kappa shape index (κ2) is 4.43. The molecule has 0 radical (unpaired) electrons. The third kappa shape index (κ3) is 2.38. The fourth-order valence-corrected chi connectivity index (χ4v) is 3.30. The molecule has 2 nitrogen and oxygen atoms in total. The smallest absolute Gasteiger partial charge is 0.0774 e. The molecule has 0 amide bonds. The summed E-state index contributed by atoms with van der Waals surface area (Å²) in [6.07, 6.45) is 5.65. The third-order valence-corrected chi connectivity index (χ3v) is 4.21. The molecule has 0 unspecified atom stereocenters. The molecule has 1 N–H and O–H groups in total. The largest absolute Gasteiger partial charge is 0.389 e. The summed E-state index contributed by atoms with van der Waals surface area (Å²) in [5.74, 6) is 0. The van der Waals surface area contributed by atoms with Crippen molar-refractivity contribution in [2.75, 3.05) is 6.54 Å². The maximum absolute atomic E-state index is 10.6. The molecule has 0 aromatic heterocycles. The minimum Gasteiger partial charge on any atom is -0.389 e. The van der Waals surface area contributed by atoms with Crippen molar-refractivity contribution in [3.05, 3.63) is 35.4 Å². The number of rotatable bonds is 2. The summed E-state index contributed by atoms with van der Waals surface area (Å²) >= 11 is 0. The first-order valence-corrected chi connectivity index (χ1v) is 6.77. The second-order valence-corrected chi connectivity index (χ2v) is 5.70. The van der Waals surface area contributed by atoms with Crippen LogP contribution in [0.25, 0.3) is 0 Å². The van der Waals surface area contributed by atoms with Crippen LogP contribution in [0.1, 0.15) is 43.2 Å². The van der Waals surface area contributed by atoms with Crippen LogP contribution >= 0.6 is 0 Å². The zero-order valence-electron chi connectivity index (χ0n) is 10.4. The number of fused-ring (bicyclic) bond motifs is 1. The van der Waals surface area contributed by atoms with E-state index in [2.05, 4.69) is 29.2 Å². The zero-order valence-corrected chi connectivity index (χ0v) is 10.4. The molecule has 1 fully saturated rings. The van der Waals surface area contributed by atoms with Gasteiger partial charge in [-0.3, -0.25) is 4.90 Å². The van der Waals surface area contributed by atoms with Gasteiger partial charge in [-0.1, -0.05) is 43.5 Å². The van der Waals surface area contributed by atoms with E-state index in [1.165, 1.54) is 30.4 Å². The summed E-state index contributed by atoms with van der Waals surface area (Å²) in [5.41, 5.74) is 2.46. The monoisotopic (exact) mass is 231 g/mol. The van der Waals surface area contributed by atoms with Gasteiger partial charge in [-0.05, 0) is 24.0 Å². The Hall–Kier alpha value is -0.860. The molecule has 2 heteroatoms. The number of β-amino-alcohol motifs (C(OH)–C–C–N with tert-alkyl or cyclic N) is 1. The van der Waals surface area contributed by atoms with Gasteiger partial charge >= 0.3 is 0 Å². The van der Waals surface area contributed by atoms with E-state index < -0.39 is 5.60 Å². The predicted molar refractivity (Wildman–Crippen MR) is 68.6 cm³/mol. The van der Waals surface area contributed by atoms with Crippen LogP contribution in [-0.2, 0) is 13.1 Å². The molecule has 92 valence electrons. The van der Waals surface area contributed by atoms with E-state index in [-0.39, 0.29) is 0 Å². The summed E-state index contributed by atoms with van der Waals surface area (Å²) < 4.78 is 0. The van der Waals surface area contributed by atoms with Crippen molar-refractivity contribution in [2.45, 2.75) is 50.8 Å². The Morgan fingerprint density at radius 2 is 1.59 bits per heavy atom. The molecule has 0 atom stereocenters. The van der Waals surface area contributed by atoms with Gasteiger partial charge in [-0.2, -0.15) is 0 Å². The lowest BCUT2D eigenvalue weighted by molar-refractivity contribution is -0.0273. The average Bonchev–Trinajstić information content (AvgIpc) is 2.71. The fourth-order valence-electron chi connectivity index (χ4n) is 3.30. The van der Waals surface area contributed by atoms with Gasteiger partial charge < -0.3 is 5.11 Å². The second-order valence-electron chi connectivity index (χ2n) is 5.70. The molecule has 1 heterocycles. The Morgan fingerprint density at radius 3 is 2.18 bits per heavy atom. The van der Waals surface area contributed by atoms with E-state index in [0.717, 1.165) is 32.5 Å². The maximum atomic E-state index is 10.6. The molecule has 0 saturated heterocycles. The van der Waals surface area contributed by atoms with Crippen molar-refractivity contribution in [1.82, 2.24) is 4.90 Å². The Kier molecular flexibility index (Phi) is 2.93. The highest BCUT2D eigenvalue weighted by molar-refractivity contribution is 5.30. The van der Waals surface area contributed by atoms with Crippen LogP contribution in [0.5, 0.6) is 0 Å². The van der Waals surface area contributed by atoms with E-state index in [1.54, 1.807) is 0 Å². The molecule has 3 rings (SSSR count). The Bertz CT molecular complexity index is 371. The minimum atomic E-state index is -0.416. The molecular weight excluding hydrogens is 210 g/mol. The van der Waals surface area contributed by atoms with Crippen molar-refractivity contribution in [3.8, 4) is 0 Å². The van der Waals surface area contributed by atoms with E-state index in [4.69, 9.17) is 0 Å². The Morgan fingerprint density at radius 1 is 1.00 bits per heavy atom. The normalized spacial score (nSPS) is 23.6. The van der Waals surface area contributed by atoms with Crippen molar-refractivity contribution in [3.63, 3.8) is 0 Å². The van der Waals surface area contributed by atoms with Crippen LogP contribution < -0.4 is 0 Å². The maximum Gasteiger partial charge on any atom is 0.0774 e. The lowest BCUT2D eigenvalue weighted by atomic mass is 9.84. The number of benzene rings is 1. The van der Waals surface area contributed by atoms with Crippen LogP contribution in [0, 0.1) is 0 Å². The van der Waals surface area contributed by atoms with Crippen molar-refractivity contribution < 1.29 is 5.11 Å². The molecule has 0 spiro atoms. The fraction of sp³-hybridized carbons (Fsp3) is 0.600. The first-order chi connectivity index (χ1) is 8.25. The summed E-state index contributed by atoms with van der Waals surface area (Å²) in [6.45, 7) is 2.87. The molecule has 1 aliphatic heterocycles. The van der Waals surface area contributed by atoms with Gasteiger partial charge in [0.2, 0.25) is 0 Å². The molecule has 2 aliphatic rings. The Balaban J connectivity index is 1.65. The van der Waals surface area contributed by atoms with Gasteiger partial charge in [0.15, 0.2) is 0 Å². The van der Waals surface area contributed by atoms with E-state index >= 15 is 0 Å². The molecule has 1 saturated carbocycles.